The summed E-state index contributed by atoms with van der Waals surface area (Å²) in [5, 5.41) is 4.98. The van der Waals surface area contributed by atoms with Crippen LogP contribution in [0.2, 0.25) is 0 Å². The summed E-state index contributed by atoms with van der Waals surface area (Å²) in [7, 11) is 3.57. The molecule has 0 aliphatic carbocycles. The number of primary amides is 1. The van der Waals surface area contributed by atoms with E-state index in [1.165, 1.54) is 11.3 Å². The van der Waals surface area contributed by atoms with Gasteiger partial charge in [0.2, 0.25) is 0 Å². The molecule has 2 rings (SSSR count). The third-order valence-electron chi connectivity index (χ3n) is 3.57. The Bertz CT molecular complexity index is 742. The van der Waals surface area contributed by atoms with Crippen molar-refractivity contribution in [3.05, 3.63) is 46.3 Å². The SMILES string of the molecule is COc1ccc(C)cc1C[NH+](C)CC(=O)Nc1sccc1C(N)=O. The van der Waals surface area contributed by atoms with Crippen LogP contribution in [0.3, 0.4) is 0 Å². The molecule has 7 heteroatoms. The van der Waals surface area contributed by atoms with Crippen molar-refractivity contribution in [2.24, 2.45) is 5.73 Å². The van der Waals surface area contributed by atoms with Gasteiger partial charge in [-0.1, -0.05) is 11.6 Å². The predicted octanol–water partition coefficient (Wildman–Crippen LogP) is 0.817. The van der Waals surface area contributed by atoms with Crippen molar-refractivity contribution in [1.82, 2.24) is 0 Å². The lowest BCUT2D eigenvalue weighted by Gasteiger charge is -2.16. The van der Waals surface area contributed by atoms with Gasteiger partial charge in [0.25, 0.3) is 11.8 Å². The first-order valence-corrected chi connectivity index (χ1v) is 8.40. The van der Waals surface area contributed by atoms with Gasteiger partial charge < -0.3 is 20.7 Å². The molecule has 0 fully saturated rings. The van der Waals surface area contributed by atoms with Crippen molar-refractivity contribution in [3.63, 3.8) is 0 Å². The summed E-state index contributed by atoms with van der Waals surface area (Å²) in [6.07, 6.45) is 0. The molecule has 6 nitrogen and oxygen atoms in total. The molecule has 0 saturated carbocycles. The zero-order valence-electron chi connectivity index (χ0n) is 14.0. The third-order valence-corrected chi connectivity index (χ3v) is 4.40. The standard InChI is InChI=1S/C17H21N3O3S/c1-11-4-5-14(23-3)12(8-11)9-20(2)10-15(21)19-17-13(16(18)22)6-7-24-17/h4-8H,9-10H2,1-3H3,(H2,18,22)(H,19,21)/p+1. The van der Waals surface area contributed by atoms with Crippen LogP contribution in [0, 0.1) is 6.92 Å². The maximum absolute atomic E-state index is 12.2. The Morgan fingerprint density at radius 2 is 2.08 bits per heavy atom. The first-order valence-electron chi connectivity index (χ1n) is 7.52. The van der Waals surface area contributed by atoms with Crippen LogP contribution in [0.15, 0.2) is 29.6 Å². The molecule has 0 bridgehead atoms. The topological polar surface area (TPSA) is 85.9 Å². The fourth-order valence-electron chi connectivity index (χ4n) is 2.48. The van der Waals surface area contributed by atoms with Crippen LogP contribution in [-0.2, 0) is 11.3 Å². The highest BCUT2D eigenvalue weighted by Crippen LogP contribution is 2.22. The van der Waals surface area contributed by atoms with Crippen molar-refractivity contribution in [2.75, 3.05) is 26.0 Å². The minimum atomic E-state index is -0.545. The number of amides is 2. The molecule has 1 heterocycles. The molecule has 0 saturated heterocycles. The number of quaternary nitrogens is 1. The highest BCUT2D eigenvalue weighted by molar-refractivity contribution is 7.14. The van der Waals surface area contributed by atoms with Crippen LogP contribution < -0.4 is 20.7 Å². The largest absolute Gasteiger partial charge is 0.496 e. The van der Waals surface area contributed by atoms with Crippen LogP contribution in [0.25, 0.3) is 0 Å². The number of aryl methyl sites for hydroxylation is 1. The van der Waals surface area contributed by atoms with Gasteiger partial charge in [0.15, 0.2) is 6.54 Å². The zero-order valence-corrected chi connectivity index (χ0v) is 14.8. The Morgan fingerprint density at radius 3 is 2.75 bits per heavy atom. The summed E-state index contributed by atoms with van der Waals surface area (Å²) in [6.45, 7) is 2.95. The average molecular weight is 348 g/mol. The van der Waals surface area contributed by atoms with Gasteiger partial charge >= 0.3 is 0 Å². The molecule has 4 N–H and O–H groups in total. The quantitative estimate of drug-likeness (QED) is 0.692. The molecule has 2 amide bonds. The summed E-state index contributed by atoms with van der Waals surface area (Å²) in [6, 6.07) is 7.59. The minimum Gasteiger partial charge on any atom is -0.496 e. The fourth-order valence-corrected chi connectivity index (χ4v) is 3.29. The molecule has 1 aromatic heterocycles. The highest BCUT2D eigenvalue weighted by Gasteiger charge is 2.17. The second kappa shape index (κ2) is 7.94. The Morgan fingerprint density at radius 1 is 1.33 bits per heavy atom. The second-order valence-corrected chi connectivity index (χ2v) is 6.62. The van der Waals surface area contributed by atoms with Crippen molar-refractivity contribution >= 4 is 28.2 Å². The number of carbonyl (C=O) groups is 2. The number of thiophene rings is 1. The molecule has 0 radical (unpaired) electrons. The molecule has 0 aliphatic heterocycles. The Hall–Kier alpha value is -2.38. The van der Waals surface area contributed by atoms with E-state index < -0.39 is 5.91 Å². The summed E-state index contributed by atoms with van der Waals surface area (Å²) in [5.41, 5.74) is 7.82. The van der Waals surface area contributed by atoms with Gasteiger partial charge in [0.05, 0.1) is 19.7 Å². The number of methoxy groups -OCH3 is 1. The van der Waals surface area contributed by atoms with Gasteiger partial charge in [-0.15, -0.1) is 11.3 Å². The van der Waals surface area contributed by atoms with Crippen LogP contribution in [0.4, 0.5) is 5.00 Å². The number of nitrogens with two attached hydrogens (primary N) is 1. The molecule has 0 spiro atoms. The molecule has 1 aromatic carbocycles. The summed E-state index contributed by atoms with van der Waals surface area (Å²) in [4.78, 5) is 24.5. The Labute approximate surface area is 145 Å². The van der Waals surface area contributed by atoms with Crippen molar-refractivity contribution in [2.45, 2.75) is 13.5 Å². The number of likely N-dealkylation sites (N-methyl/N-ethyl adjacent to an activating group) is 1. The van der Waals surface area contributed by atoms with Crippen LogP contribution in [0.5, 0.6) is 5.75 Å². The zero-order chi connectivity index (χ0) is 17.7. The molecule has 0 aliphatic rings. The number of hydrogen-bond acceptors (Lipinski definition) is 4. The van der Waals surface area contributed by atoms with Gasteiger partial charge in [0, 0.05) is 5.56 Å². The van der Waals surface area contributed by atoms with Crippen LogP contribution >= 0.6 is 11.3 Å². The van der Waals surface area contributed by atoms with E-state index in [0.29, 0.717) is 17.1 Å². The maximum atomic E-state index is 12.2. The van der Waals surface area contributed by atoms with Crippen LogP contribution in [-0.4, -0.2) is 32.5 Å². The van der Waals surface area contributed by atoms with Gasteiger partial charge in [-0.3, -0.25) is 9.59 Å². The number of rotatable bonds is 7. The lowest BCUT2D eigenvalue weighted by atomic mass is 10.1. The van der Waals surface area contributed by atoms with Gasteiger partial charge in [-0.05, 0) is 30.5 Å². The maximum Gasteiger partial charge on any atom is 0.280 e. The fraction of sp³-hybridized carbons (Fsp3) is 0.294. The van der Waals surface area contributed by atoms with E-state index in [-0.39, 0.29) is 12.5 Å². The first-order chi connectivity index (χ1) is 11.4. The van der Waals surface area contributed by atoms with E-state index >= 15 is 0 Å². The average Bonchev–Trinajstić information content (AvgIpc) is 2.95. The Kier molecular flexibility index (Phi) is 5.94. The number of benzene rings is 1. The lowest BCUT2D eigenvalue weighted by molar-refractivity contribution is -0.885. The third kappa shape index (κ3) is 4.56. The monoisotopic (exact) mass is 348 g/mol. The van der Waals surface area contributed by atoms with Crippen molar-refractivity contribution in [3.8, 4) is 5.75 Å². The van der Waals surface area contributed by atoms with E-state index in [4.69, 9.17) is 10.5 Å². The Balaban J connectivity index is 1.98. The molecule has 2 aromatic rings. The number of ether oxygens (including phenoxy) is 1. The normalized spacial score (nSPS) is 11.8. The second-order valence-electron chi connectivity index (χ2n) is 5.70. The number of hydrogen-bond donors (Lipinski definition) is 3. The molecular formula is C17H22N3O3S+. The van der Waals surface area contributed by atoms with Gasteiger partial charge in [-0.2, -0.15) is 0 Å². The summed E-state index contributed by atoms with van der Waals surface area (Å²) >= 11 is 1.28. The van der Waals surface area contributed by atoms with E-state index in [1.807, 2.05) is 26.1 Å². The predicted molar refractivity (Wildman–Crippen MR) is 94.7 cm³/mol. The summed E-state index contributed by atoms with van der Waals surface area (Å²) in [5.74, 6) is 0.107. The van der Waals surface area contributed by atoms with Crippen LogP contribution in [0.1, 0.15) is 21.5 Å². The van der Waals surface area contributed by atoms with Crippen molar-refractivity contribution < 1.29 is 19.2 Å². The summed E-state index contributed by atoms with van der Waals surface area (Å²) < 4.78 is 5.37. The highest BCUT2D eigenvalue weighted by atomic mass is 32.1. The molecule has 128 valence electrons. The lowest BCUT2D eigenvalue weighted by Crippen LogP contribution is -3.08. The molecule has 1 unspecified atom stereocenters. The smallest absolute Gasteiger partial charge is 0.280 e. The van der Waals surface area contributed by atoms with Gasteiger partial charge in [-0.25, -0.2) is 0 Å². The molecular weight excluding hydrogens is 326 g/mol. The van der Waals surface area contributed by atoms with E-state index in [1.54, 1.807) is 18.6 Å². The minimum absolute atomic E-state index is 0.163. The first kappa shape index (κ1) is 18.0. The molecule has 24 heavy (non-hydrogen) atoms. The number of carbonyl (C=O) groups excluding carboxylic acids is 2. The molecule has 1 atom stereocenters. The number of anilines is 1. The number of nitrogens with one attached hydrogen (secondary N) is 2. The van der Waals surface area contributed by atoms with E-state index in [0.717, 1.165) is 21.8 Å². The van der Waals surface area contributed by atoms with Gasteiger partial charge in [0.1, 0.15) is 17.3 Å². The van der Waals surface area contributed by atoms with Crippen molar-refractivity contribution in [1.29, 1.82) is 0 Å². The van der Waals surface area contributed by atoms with E-state index in [2.05, 4.69) is 11.4 Å². The van der Waals surface area contributed by atoms with E-state index in [9.17, 15) is 9.59 Å².